The molecule has 0 aliphatic carbocycles. The first kappa shape index (κ1) is 27.7. The minimum atomic E-state index is -3.89. The van der Waals surface area contributed by atoms with Gasteiger partial charge in [0.05, 0.1) is 15.4 Å². The number of nitrogens with zero attached hydrogens (tertiary/aromatic N) is 3. The molecule has 4 rings (SSSR count). The molecule has 1 aromatic heterocycles. The zero-order chi connectivity index (χ0) is 26.6. The van der Waals surface area contributed by atoms with Gasteiger partial charge in [-0.1, -0.05) is 23.7 Å². The second-order valence-electron chi connectivity index (χ2n) is 9.27. The molecule has 1 aromatic carbocycles. The van der Waals surface area contributed by atoms with Crippen molar-refractivity contribution in [1.82, 2.24) is 9.62 Å². The van der Waals surface area contributed by atoms with Crippen LogP contribution in [0.1, 0.15) is 37.1 Å². The molecule has 0 saturated carbocycles. The van der Waals surface area contributed by atoms with Crippen LogP contribution in [-0.2, 0) is 21.2 Å². The molecule has 1 unspecified atom stereocenters. The Kier molecular flexibility index (Phi) is 8.97. The van der Waals surface area contributed by atoms with Crippen molar-refractivity contribution in [2.45, 2.75) is 39.2 Å². The van der Waals surface area contributed by atoms with E-state index >= 15 is 0 Å². The summed E-state index contributed by atoms with van der Waals surface area (Å²) < 4.78 is 43.2. The number of amides is 1. The Morgan fingerprint density at radius 2 is 2.03 bits per heavy atom. The Morgan fingerprint density at radius 1 is 1.24 bits per heavy atom. The van der Waals surface area contributed by atoms with Crippen LogP contribution in [0.2, 0.25) is 4.34 Å². The Bertz CT molecular complexity index is 1350. The van der Waals surface area contributed by atoms with Crippen LogP contribution in [0.4, 0.5) is 10.1 Å². The molecule has 7 nitrogen and oxygen atoms in total. The maximum atomic E-state index is 14.9. The summed E-state index contributed by atoms with van der Waals surface area (Å²) in [5.41, 5.74) is 2.45. The number of carbonyl (C=O) groups is 1. The van der Waals surface area contributed by atoms with Gasteiger partial charge in [-0.2, -0.15) is 4.72 Å². The molecule has 0 radical (unpaired) electrons. The van der Waals surface area contributed by atoms with Crippen molar-refractivity contribution in [1.29, 1.82) is 0 Å². The number of aliphatic imine (C=N–C) groups is 1. The first-order chi connectivity index (χ1) is 17.6. The van der Waals surface area contributed by atoms with Crippen LogP contribution in [0.15, 0.2) is 53.0 Å². The predicted octanol–water partition coefficient (Wildman–Crippen LogP) is 4.85. The summed E-state index contributed by atoms with van der Waals surface area (Å²) in [4.78, 5) is 21.7. The van der Waals surface area contributed by atoms with E-state index in [1.165, 1.54) is 28.7 Å². The smallest absolute Gasteiger partial charge is 0.245 e. The van der Waals surface area contributed by atoms with Crippen LogP contribution in [0.25, 0.3) is 5.57 Å². The molecule has 2 aromatic rings. The quantitative estimate of drug-likeness (QED) is 0.418. The van der Waals surface area contributed by atoms with E-state index in [0.29, 0.717) is 16.3 Å². The second-order valence-corrected chi connectivity index (χ2v) is 12.5. The number of rotatable bonds is 10. The Labute approximate surface area is 226 Å². The third-order valence-corrected chi connectivity index (χ3v) is 8.91. The first-order valence-corrected chi connectivity index (χ1v) is 14.8. The Balaban J connectivity index is 1.35. The highest BCUT2D eigenvalue weighted by molar-refractivity contribution is 7.92. The molecular weight excluding hydrogens is 535 g/mol. The van der Waals surface area contributed by atoms with Gasteiger partial charge in [0.1, 0.15) is 11.9 Å². The number of carbonyl (C=O) groups excluding carboxylic acids is 1. The highest BCUT2D eigenvalue weighted by Gasteiger charge is 2.36. The van der Waals surface area contributed by atoms with E-state index in [-0.39, 0.29) is 18.7 Å². The van der Waals surface area contributed by atoms with Crippen LogP contribution in [-0.4, -0.2) is 57.2 Å². The second kappa shape index (κ2) is 12.0. The maximum Gasteiger partial charge on any atom is 0.245 e. The summed E-state index contributed by atoms with van der Waals surface area (Å²) in [5.74, 6) is -1.00. The van der Waals surface area contributed by atoms with Gasteiger partial charge >= 0.3 is 0 Å². The summed E-state index contributed by atoms with van der Waals surface area (Å²) in [5, 5.41) is 1.09. The van der Waals surface area contributed by atoms with E-state index in [2.05, 4.69) is 14.6 Å². The number of thiophene rings is 1. The van der Waals surface area contributed by atoms with Crippen molar-refractivity contribution in [3.63, 3.8) is 0 Å². The summed E-state index contributed by atoms with van der Waals surface area (Å²) >= 11 is 7.20. The normalized spacial score (nSPS) is 19.7. The zero-order valence-corrected chi connectivity index (χ0v) is 23.2. The van der Waals surface area contributed by atoms with Crippen LogP contribution in [0.5, 0.6) is 0 Å². The van der Waals surface area contributed by atoms with E-state index in [0.717, 1.165) is 41.2 Å². The van der Waals surface area contributed by atoms with Gasteiger partial charge in [0.2, 0.25) is 15.9 Å². The van der Waals surface area contributed by atoms with Gasteiger partial charge in [0.15, 0.2) is 0 Å². The van der Waals surface area contributed by atoms with Crippen molar-refractivity contribution in [3.05, 3.63) is 68.6 Å². The number of halogens is 2. The zero-order valence-electron chi connectivity index (χ0n) is 20.8. The number of benzene rings is 1. The fourth-order valence-corrected chi connectivity index (χ4v) is 6.61. The van der Waals surface area contributed by atoms with Crippen LogP contribution < -0.4 is 9.62 Å². The topological polar surface area (TPSA) is 82.1 Å². The maximum absolute atomic E-state index is 14.9. The van der Waals surface area contributed by atoms with Gasteiger partial charge in [0, 0.05) is 29.9 Å². The van der Waals surface area contributed by atoms with E-state index in [9.17, 15) is 17.6 Å². The molecule has 1 atom stereocenters. The van der Waals surface area contributed by atoms with E-state index in [1.54, 1.807) is 37.4 Å². The first-order valence-electron chi connectivity index (χ1n) is 12.1. The molecular formula is C26H30ClFN4O3S2. The van der Waals surface area contributed by atoms with Crippen LogP contribution in [0.3, 0.4) is 0 Å². The van der Waals surface area contributed by atoms with Crippen LogP contribution in [0, 0.1) is 5.82 Å². The van der Waals surface area contributed by atoms with Gasteiger partial charge in [0.25, 0.3) is 0 Å². The molecule has 2 aliphatic heterocycles. The van der Waals surface area contributed by atoms with Gasteiger partial charge in [-0.25, -0.2) is 12.8 Å². The standard InChI is InChI=1S/C26H30ClFN4O3S2/c1-18(24-8-9-25(27)36-24)17-37(34,35)30-22-10-14-32(26(22)33)23-7-6-20(15-21(23)28)5-3-11-29-19(2)16-31-12-4-13-31/h3,6-9,11,15,17,22,30H,4-5,10,12-14,16H2,1-2H3/b11-3-,18-17+,29-19+. The van der Waals surface area contributed by atoms with Crippen molar-refractivity contribution >= 4 is 55.8 Å². The van der Waals surface area contributed by atoms with Gasteiger partial charge in [-0.15, -0.1) is 11.3 Å². The van der Waals surface area contributed by atoms with Crippen LogP contribution >= 0.6 is 22.9 Å². The lowest BCUT2D eigenvalue weighted by Crippen LogP contribution is -2.41. The monoisotopic (exact) mass is 564 g/mol. The predicted molar refractivity (Wildman–Crippen MR) is 149 cm³/mol. The molecule has 2 saturated heterocycles. The molecule has 198 valence electrons. The number of sulfonamides is 1. The number of likely N-dealkylation sites (tertiary alicyclic amines) is 1. The lowest BCUT2D eigenvalue weighted by atomic mass is 10.1. The molecule has 37 heavy (non-hydrogen) atoms. The minimum Gasteiger partial charge on any atom is -0.308 e. The fraction of sp³-hybridized carbons (Fsp3) is 0.385. The van der Waals surface area contributed by atoms with Crippen molar-refractivity contribution in [2.75, 3.05) is 31.1 Å². The van der Waals surface area contributed by atoms with Gasteiger partial charge in [-0.3, -0.25) is 14.7 Å². The summed E-state index contributed by atoms with van der Waals surface area (Å²) in [7, 11) is -3.89. The molecule has 1 amide bonds. The molecule has 11 heteroatoms. The summed E-state index contributed by atoms with van der Waals surface area (Å²) in [6, 6.07) is 7.21. The summed E-state index contributed by atoms with van der Waals surface area (Å²) in [6.45, 7) is 6.99. The minimum absolute atomic E-state index is 0.141. The number of nitrogens with one attached hydrogen (secondary N) is 1. The third kappa shape index (κ3) is 7.36. The molecule has 0 spiro atoms. The highest BCUT2D eigenvalue weighted by atomic mass is 35.5. The highest BCUT2D eigenvalue weighted by Crippen LogP contribution is 2.29. The molecule has 2 aliphatic rings. The SMILES string of the molecule is C/C(=C\S(=O)(=O)NC1CCN(c2ccc(C/C=C\N=C(/C)CN3CCC3)cc2F)C1=O)c1ccc(Cl)s1. The summed E-state index contributed by atoms with van der Waals surface area (Å²) in [6.07, 6.45) is 5.61. The number of allylic oxidation sites excluding steroid dienone is 2. The number of hydrogen-bond acceptors (Lipinski definition) is 6. The van der Waals surface area contributed by atoms with E-state index in [4.69, 9.17) is 11.6 Å². The molecule has 1 N–H and O–H groups in total. The fourth-order valence-electron chi connectivity index (χ4n) is 4.25. The average molecular weight is 565 g/mol. The largest absolute Gasteiger partial charge is 0.308 e. The average Bonchev–Trinajstić information content (AvgIpc) is 3.39. The van der Waals surface area contributed by atoms with Crippen molar-refractivity contribution in [2.24, 2.45) is 4.99 Å². The van der Waals surface area contributed by atoms with E-state index < -0.39 is 27.8 Å². The van der Waals surface area contributed by atoms with Gasteiger partial charge < -0.3 is 4.90 Å². The number of hydrogen-bond donors (Lipinski definition) is 1. The third-order valence-electron chi connectivity index (χ3n) is 6.26. The molecule has 3 heterocycles. The molecule has 0 bridgehead atoms. The van der Waals surface area contributed by atoms with Gasteiger partial charge in [-0.05, 0) is 81.6 Å². The van der Waals surface area contributed by atoms with Crippen molar-refractivity contribution < 1.29 is 17.6 Å². The lowest BCUT2D eigenvalue weighted by Gasteiger charge is -2.30. The Morgan fingerprint density at radius 3 is 2.68 bits per heavy atom. The van der Waals surface area contributed by atoms with E-state index in [1.807, 2.05) is 13.0 Å². The molecule has 2 fully saturated rings. The van der Waals surface area contributed by atoms with Crippen molar-refractivity contribution in [3.8, 4) is 0 Å². The Hall–Kier alpha value is -2.37. The lowest BCUT2D eigenvalue weighted by molar-refractivity contribution is -0.118. The number of anilines is 1.